The molecule has 5 nitrogen and oxygen atoms in total. The second-order valence-corrected chi connectivity index (χ2v) is 7.36. The molecule has 2 aromatic heterocycles. The zero-order chi connectivity index (χ0) is 16.3. The second kappa shape index (κ2) is 5.16. The van der Waals surface area contributed by atoms with E-state index >= 15 is 0 Å². The molecule has 24 heavy (non-hydrogen) atoms. The first-order chi connectivity index (χ1) is 11.7. The lowest BCUT2D eigenvalue weighted by molar-refractivity contribution is 0.654. The molecule has 0 saturated heterocycles. The summed E-state index contributed by atoms with van der Waals surface area (Å²) in [4.78, 5) is 24.1. The van der Waals surface area contributed by atoms with E-state index in [-0.39, 0.29) is 5.56 Å². The number of nitrogens with zero attached hydrogens (tertiary/aromatic N) is 4. The molecule has 3 heterocycles. The van der Waals surface area contributed by atoms with Crippen LogP contribution in [0.25, 0.3) is 0 Å². The lowest BCUT2D eigenvalue weighted by atomic mass is 10.0. The van der Waals surface area contributed by atoms with Gasteiger partial charge in [0.2, 0.25) is 5.95 Å². The molecule has 5 heteroatoms. The first-order valence-corrected chi connectivity index (χ1v) is 9.04. The van der Waals surface area contributed by atoms with E-state index in [1.165, 1.54) is 28.8 Å². The molecule has 5 rings (SSSR count). The van der Waals surface area contributed by atoms with Crippen LogP contribution in [0.15, 0.2) is 17.1 Å². The van der Waals surface area contributed by atoms with Crippen LogP contribution in [0.3, 0.4) is 0 Å². The number of hydrogen-bond acceptors (Lipinski definition) is 4. The summed E-state index contributed by atoms with van der Waals surface area (Å²) in [5, 5.41) is 0. The van der Waals surface area contributed by atoms with E-state index in [1.807, 2.05) is 10.6 Å². The molecule has 1 aliphatic heterocycles. The summed E-state index contributed by atoms with van der Waals surface area (Å²) in [6, 6.07) is 2.27. The largest absolute Gasteiger partial charge is 0.336 e. The van der Waals surface area contributed by atoms with Crippen LogP contribution in [0.4, 0.5) is 5.95 Å². The number of pyridine rings is 1. The van der Waals surface area contributed by atoms with Crippen LogP contribution in [0.2, 0.25) is 0 Å². The molecule has 0 atom stereocenters. The third-order valence-corrected chi connectivity index (χ3v) is 5.62. The van der Waals surface area contributed by atoms with E-state index < -0.39 is 0 Å². The van der Waals surface area contributed by atoms with Crippen molar-refractivity contribution in [1.82, 2.24) is 14.5 Å². The van der Waals surface area contributed by atoms with Crippen molar-refractivity contribution in [2.45, 2.75) is 58.0 Å². The van der Waals surface area contributed by atoms with Crippen LogP contribution in [0.5, 0.6) is 0 Å². The Bertz CT molecular complexity index is 882. The zero-order valence-electron chi connectivity index (χ0n) is 14.1. The molecule has 0 amide bonds. The number of aromatic nitrogens is 3. The molecule has 124 valence electrons. The summed E-state index contributed by atoms with van der Waals surface area (Å²) in [6.45, 7) is 3.80. The Morgan fingerprint density at radius 2 is 2.00 bits per heavy atom. The zero-order valence-corrected chi connectivity index (χ0v) is 14.1. The van der Waals surface area contributed by atoms with E-state index in [2.05, 4.69) is 18.0 Å². The molecule has 0 spiro atoms. The molecule has 3 aliphatic rings. The molecule has 0 radical (unpaired) electrons. The van der Waals surface area contributed by atoms with Crippen LogP contribution < -0.4 is 10.5 Å². The first kappa shape index (κ1) is 14.2. The van der Waals surface area contributed by atoms with Gasteiger partial charge in [0.25, 0.3) is 5.56 Å². The molecule has 0 unspecified atom stereocenters. The maximum Gasteiger partial charge on any atom is 0.251 e. The highest BCUT2D eigenvalue weighted by Crippen LogP contribution is 2.34. The quantitative estimate of drug-likeness (QED) is 0.851. The van der Waals surface area contributed by atoms with Gasteiger partial charge in [0.15, 0.2) is 0 Å². The van der Waals surface area contributed by atoms with Gasteiger partial charge in [0.05, 0.1) is 0 Å². The topological polar surface area (TPSA) is 51.0 Å². The van der Waals surface area contributed by atoms with Crippen LogP contribution in [-0.4, -0.2) is 21.1 Å². The van der Waals surface area contributed by atoms with Gasteiger partial charge in [-0.15, -0.1) is 0 Å². The molecule has 1 saturated carbocycles. The van der Waals surface area contributed by atoms with Gasteiger partial charge in [0.1, 0.15) is 0 Å². The minimum absolute atomic E-state index is 0.161. The highest BCUT2D eigenvalue weighted by molar-refractivity contribution is 5.42. The molecule has 0 aromatic carbocycles. The van der Waals surface area contributed by atoms with Crippen molar-refractivity contribution in [3.8, 4) is 0 Å². The Balaban J connectivity index is 1.49. The predicted molar refractivity (Wildman–Crippen MR) is 92.5 cm³/mol. The Kier molecular flexibility index (Phi) is 3.05. The number of hydrogen-bond donors (Lipinski definition) is 0. The normalized spacial score (nSPS) is 19.3. The average Bonchev–Trinajstić information content (AvgIpc) is 3.30. The number of aryl methyl sites for hydroxylation is 2. The Morgan fingerprint density at radius 3 is 2.83 bits per heavy atom. The van der Waals surface area contributed by atoms with Crippen molar-refractivity contribution in [2.24, 2.45) is 0 Å². The summed E-state index contributed by atoms with van der Waals surface area (Å²) in [5.74, 6) is 0.864. The van der Waals surface area contributed by atoms with Gasteiger partial charge in [-0.2, -0.15) is 0 Å². The van der Waals surface area contributed by atoms with Gasteiger partial charge in [-0.3, -0.25) is 4.79 Å². The van der Waals surface area contributed by atoms with Crippen LogP contribution in [0, 0.1) is 6.92 Å². The number of anilines is 1. The molecular formula is C19H22N4O. The average molecular weight is 322 g/mol. The van der Waals surface area contributed by atoms with Crippen molar-refractivity contribution in [3.05, 3.63) is 50.7 Å². The van der Waals surface area contributed by atoms with Gasteiger partial charge < -0.3 is 9.47 Å². The third-order valence-electron chi connectivity index (χ3n) is 5.62. The first-order valence-electron chi connectivity index (χ1n) is 9.04. The standard InChI is InChI=1S/C19H22N4O/c1-12-16-3-2-4-17(16)21-19(20-12)22-8-7-13-9-18(24)23(15-5-6-15)11-14(13)10-22/h9,11,15H,2-8,10H2,1H3. The third kappa shape index (κ3) is 2.26. The van der Waals surface area contributed by atoms with E-state index in [0.717, 1.165) is 56.8 Å². The van der Waals surface area contributed by atoms with Gasteiger partial charge in [0, 0.05) is 42.8 Å². The van der Waals surface area contributed by atoms with Crippen molar-refractivity contribution >= 4 is 5.95 Å². The monoisotopic (exact) mass is 322 g/mol. The highest BCUT2D eigenvalue weighted by atomic mass is 16.1. The van der Waals surface area contributed by atoms with Gasteiger partial charge in [-0.05, 0) is 62.1 Å². The van der Waals surface area contributed by atoms with Gasteiger partial charge in [-0.25, -0.2) is 9.97 Å². The van der Waals surface area contributed by atoms with Crippen LogP contribution in [0.1, 0.15) is 53.4 Å². The summed E-state index contributed by atoms with van der Waals surface area (Å²) in [7, 11) is 0. The summed E-state index contributed by atoms with van der Waals surface area (Å²) in [5.41, 5.74) is 6.36. The van der Waals surface area contributed by atoms with Crippen molar-refractivity contribution in [1.29, 1.82) is 0 Å². The van der Waals surface area contributed by atoms with Crippen LogP contribution in [-0.2, 0) is 25.8 Å². The van der Waals surface area contributed by atoms with E-state index in [1.54, 1.807) is 0 Å². The second-order valence-electron chi connectivity index (χ2n) is 7.36. The van der Waals surface area contributed by atoms with Crippen molar-refractivity contribution < 1.29 is 0 Å². The predicted octanol–water partition coefficient (Wildman–Crippen LogP) is 2.33. The molecule has 2 aliphatic carbocycles. The lowest BCUT2D eigenvalue weighted by Crippen LogP contribution is -2.34. The molecule has 1 fully saturated rings. The van der Waals surface area contributed by atoms with E-state index in [4.69, 9.17) is 9.97 Å². The molecule has 0 N–H and O–H groups in total. The van der Waals surface area contributed by atoms with Crippen molar-refractivity contribution in [3.63, 3.8) is 0 Å². The minimum Gasteiger partial charge on any atom is -0.336 e. The summed E-state index contributed by atoms with van der Waals surface area (Å²) >= 11 is 0. The SMILES string of the molecule is Cc1nc(N2CCc3cc(=O)n(C4CC4)cc3C2)nc2c1CCC2. The fraction of sp³-hybridized carbons (Fsp3) is 0.526. The highest BCUT2D eigenvalue weighted by Gasteiger charge is 2.27. The summed E-state index contributed by atoms with van der Waals surface area (Å²) in [6.07, 6.45) is 8.66. The molecular weight excluding hydrogens is 300 g/mol. The Labute approximate surface area is 141 Å². The van der Waals surface area contributed by atoms with Crippen molar-refractivity contribution in [2.75, 3.05) is 11.4 Å². The molecule has 2 aromatic rings. The molecule has 0 bridgehead atoms. The number of fused-ring (bicyclic) bond motifs is 2. The Morgan fingerprint density at radius 1 is 1.12 bits per heavy atom. The van der Waals surface area contributed by atoms with E-state index in [0.29, 0.717) is 6.04 Å². The summed E-state index contributed by atoms with van der Waals surface area (Å²) < 4.78 is 1.93. The maximum absolute atomic E-state index is 12.2. The Hall–Kier alpha value is -2.17. The minimum atomic E-state index is 0.161. The van der Waals surface area contributed by atoms with Gasteiger partial charge >= 0.3 is 0 Å². The maximum atomic E-state index is 12.2. The van der Waals surface area contributed by atoms with Crippen LogP contribution >= 0.6 is 0 Å². The number of rotatable bonds is 2. The fourth-order valence-corrected chi connectivity index (χ4v) is 4.10. The smallest absolute Gasteiger partial charge is 0.251 e. The van der Waals surface area contributed by atoms with Gasteiger partial charge in [-0.1, -0.05) is 0 Å². The fourth-order valence-electron chi connectivity index (χ4n) is 4.10. The van der Waals surface area contributed by atoms with E-state index in [9.17, 15) is 4.79 Å². The lowest BCUT2D eigenvalue weighted by Gasteiger charge is -2.29.